The lowest BCUT2D eigenvalue weighted by molar-refractivity contribution is 0.0954. The Labute approximate surface area is 219 Å². The molecule has 0 spiro atoms. The molecule has 0 saturated heterocycles. The van der Waals surface area contributed by atoms with Gasteiger partial charge in [0.05, 0.1) is 0 Å². The van der Waals surface area contributed by atoms with Crippen LogP contribution in [0.4, 0.5) is 0 Å². The van der Waals surface area contributed by atoms with E-state index in [4.69, 9.17) is 0 Å². The third kappa shape index (κ3) is 5.83. The number of carbonyl (C=O) groups excluding carboxylic acids is 3. The van der Waals surface area contributed by atoms with E-state index in [9.17, 15) is 14.4 Å². The van der Waals surface area contributed by atoms with Crippen LogP contribution in [0, 0.1) is 0 Å². The molecule has 0 unspecified atom stereocenters. The van der Waals surface area contributed by atoms with Gasteiger partial charge < -0.3 is 0 Å². The van der Waals surface area contributed by atoms with Crippen molar-refractivity contribution in [2.24, 2.45) is 0 Å². The van der Waals surface area contributed by atoms with Crippen LogP contribution in [0.5, 0.6) is 0 Å². The minimum Gasteiger partial charge on any atom is -0.294 e. The highest BCUT2D eigenvalue weighted by Gasteiger charge is 2.29. The quantitative estimate of drug-likeness (QED) is 0.206. The smallest absolute Gasteiger partial charge is 0.194 e. The zero-order valence-corrected chi connectivity index (χ0v) is 21.5. The van der Waals surface area contributed by atoms with Crippen LogP contribution >= 0.6 is 0 Å². The Hall–Kier alpha value is -4.11. The Kier molecular flexibility index (Phi) is 8.58. The van der Waals surface area contributed by atoms with Gasteiger partial charge in [-0.2, -0.15) is 0 Å². The van der Waals surface area contributed by atoms with Crippen molar-refractivity contribution in [3.8, 4) is 0 Å². The van der Waals surface area contributed by atoms with Gasteiger partial charge in [-0.25, -0.2) is 0 Å². The van der Waals surface area contributed by atoms with Crippen molar-refractivity contribution in [1.29, 1.82) is 0 Å². The molecule has 0 aliphatic rings. The minimum absolute atomic E-state index is 0.160. The summed E-state index contributed by atoms with van der Waals surface area (Å²) in [5.74, 6) is -0.598. The number of hydrogen-bond acceptors (Lipinski definition) is 3. The van der Waals surface area contributed by atoms with Gasteiger partial charge in [0.2, 0.25) is 0 Å². The maximum absolute atomic E-state index is 14.0. The molecule has 37 heavy (non-hydrogen) atoms. The lowest BCUT2D eigenvalue weighted by Crippen LogP contribution is -2.20. The number of Topliss-reactive ketones (excluding diaryl/α,β-unsaturated/α-hetero) is 1. The zero-order chi connectivity index (χ0) is 26.2. The molecule has 0 aliphatic heterocycles. The predicted molar refractivity (Wildman–Crippen MR) is 149 cm³/mol. The number of rotatable bonds is 11. The van der Waals surface area contributed by atoms with E-state index in [-0.39, 0.29) is 29.3 Å². The summed E-state index contributed by atoms with van der Waals surface area (Å²) in [6.07, 6.45) is 2.91. The van der Waals surface area contributed by atoms with E-state index in [0.717, 1.165) is 23.1 Å². The number of benzene rings is 4. The summed E-state index contributed by atoms with van der Waals surface area (Å²) in [5.41, 5.74) is 4.94. The fourth-order valence-electron chi connectivity index (χ4n) is 4.92. The van der Waals surface area contributed by atoms with E-state index in [0.29, 0.717) is 41.5 Å². The number of ketones is 3. The van der Waals surface area contributed by atoms with Gasteiger partial charge in [0.25, 0.3) is 0 Å². The summed E-state index contributed by atoms with van der Waals surface area (Å²) in [4.78, 5) is 41.7. The van der Waals surface area contributed by atoms with Crippen LogP contribution in [-0.4, -0.2) is 17.3 Å². The van der Waals surface area contributed by atoms with Crippen molar-refractivity contribution < 1.29 is 14.4 Å². The molecule has 0 amide bonds. The molecule has 4 aromatic carbocycles. The van der Waals surface area contributed by atoms with Gasteiger partial charge in [0.1, 0.15) is 0 Å². The molecule has 0 N–H and O–H groups in total. The van der Waals surface area contributed by atoms with E-state index in [2.05, 4.69) is 0 Å². The molecule has 0 saturated carbocycles. The lowest BCUT2D eigenvalue weighted by Gasteiger charge is -2.20. The first-order chi connectivity index (χ1) is 18.0. The van der Waals surface area contributed by atoms with Crippen molar-refractivity contribution in [1.82, 2.24) is 0 Å². The predicted octanol–water partition coefficient (Wildman–Crippen LogP) is 7.48. The van der Waals surface area contributed by atoms with Crippen molar-refractivity contribution >= 4 is 17.3 Å². The molecular formula is C34H32O3. The van der Waals surface area contributed by atoms with Gasteiger partial charge in [-0.3, -0.25) is 14.4 Å². The zero-order valence-electron chi connectivity index (χ0n) is 21.5. The van der Waals surface area contributed by atoms with Crippen molar-refractivity contribution in [2.75, 3.05) is 0 Å². The Morgan fingerprint density at radius 2 is 1.16 bits per heavy atom. The first-order valence-electron chi connectivity index (χ1n) is 13.0. The van der Waals surface area contributed by atoms with Crippen LogP contribution in [0.1, 0.15) is 85.6 Å². The van der Waals surface area contributed by atoms with Crippen molar-refractivity contribution in [3.05, 3.63) is 142 Å². The average Bonchev–Trinajstić information content (AvgIpc) is 2.96. The van der Waals surface area contributed by atoms with E-state index in [1.54, 1.807) is 24.3 Å². The second-order valence-corrected chi connectivity index (χ2v) is 9.17. The normalized spacial score (nSPS) is 10.8. The Morgan fingerprint density at radius 3 is 1.70 bits per heavy atom. The Bertz CT molecular complexity index is 1390. The molecule has 0 heterocycles. The van der Waals surface area contributed by atoms with Gasteiger partial charge in [0, 0.05) is 34.2 Å². The highest BCUT2D eigenvalue weighted by atomic mass is 16.1. The fraction of sp³-hybridized carbons (Fsp3) is 0.206. The van der Waals surface area contributed by atoms with E-state index in [1.165, 1.54) is 0 Å². The van der Waals surface area contributed by atoms with E-state index < -0.39 is 0 Å². The van der Waals surface area contributed by atoms with Gasteiger partial charge in [-0.15, -0.1) is 0 Å². The lowest BCUT2D eigenvalue weighted by atomic mass is 9.81. The van der Waals surface area contributed by atoms with Gasteiger partial charge in [-0.1, -0.05) is 105 Å². The molecule has 0 radical (unpaired) electrons. The largest absolute Gasteiger partial charge is 0.294 e. The van der Waals surface area contributed by atoms with E-state index >= 15 is 0 Å². The van der Waals surface area contributed by atoms with Crippen LogP contribution in [0.25, 0.3) is 0 Å². The molecule has 0 bridgehead atoms. The summed E-state index contributed by atoms with van der Waals surface area (Å²) >= 11 is 0. The molecule has 0 aliphatic carbocycles. The number of hydrogen-bond donors (Lipinski definition) is 0. The first kappa shape index (κ1) is 26.0. The molecule has 4 rings (SSSR count). The van der Waals surface area contributed by atoms with Crippen molar-refractivity contribution in [3.63, 3.8) is 0 Å². The molecule has 3 heteroatoms. The van der Waals surface area contributed by atoms with Crippen LogP contribution in [0.3, 0.4) is 0 Å². The number of aryl methyl sites for hydroxylation is 2. The second-order valence-electron chi connectivity index (χ2n) is 9.17. The summed E-state index contributed by atoms with van der Waals surface area (Å²) < 4.78 is 0. The molecule has 0 atom stereocenters. The molecule has 3 nitrogen and oxygen atoms in total. The van der Waals surface area contributed by atoms with Gasteiger partial charge in [0.15, 0.2) is 17.3 Å². The topological polar surface area (TPSA) is 51.2 Å². The van der Waals surface area contributed by atoms with Crippen LogP contribution < -0.4 is 0 Å². The minimum atomic E-state index is -0.230. The summed E-state index contributed by atoms with van der Waals surface area (Å²) in [6, 6.07) is 29.9. The highest BCUT2D eigenvalue weighted by Crippen LogP contribution is 2.31. The van der Waals surface area contributed by atoms with Crippen LogP contribution in [0.2, 0.25) is 0 Å². The third-order valence-corrected chi connectivity index (χ3v) is 6.80. The molecule has 186 valence electrons. The standard InChI is InChI=1S/C34H32O3/c1-3-25-23-29(33(36)26-18-10-6-11-19-26)31(30(35)22-14-17-24-15-8-5-9-16-24)32(28(25)4-2)34(37)27-20-12-7-13-21-27/h5-13,15-16,18-21,23H,3-4,14,17,22H2,1-2H3. The van der Waals surface area contributed by atoms with Gasteiger partial charge >= 0.3 is 0 Å². The molecular weight excluding hydrogens is 456 g/mol. The average molecular weight is 489 g/mol. The summed E-state index contributed by atoms with van der Waals surface area (Å²) in [6.45, 7) is 4.02. The molecule has 4 aromatic rings. The third-order valence-electron chi connectivity index (χ3n) is 6.80. The SMILES string of the molecule is CCc1cc(C(=O)c2ccccc2)c(C(=O)CCCc2ccccc2)c(C(=O)c2ccccc2)c1CC. The maximum Gasteiger partial charge on any atom is 0.194 e. The Morgan fingerprint density at radius 1 is 0.622 bits per heavy atom. The second kappa shape index (κ2) is 12.2. The molecule has 0 fully saturated rings. The monoisotopic (exact) mass is 488 g/mol. The Balaban J connectivity index is 1.86. The number of carbonyl (C=O) groups is 3. The first-order valence-corrected chi connectivity index (χ1v) is 13.0. The van der Waals surface area contributed by atoms with Crippen LogP contribution in [0.15, 0.2) is 97.1 Å². The fourth-order valence-corrected chi connectivity index (χ4v) is 4.92. The highest BCUT2D eigenvalue weighted by molar-refractivity contribution is 6.23. The maximum atomic E-state index is 14.0. The molecule has 0 aromatic heterocycles. The summed E-state index contributed by atoms with van der Waals surface area (Å²) in [7, 11) is 0. The van der Waals surface area contributed by atoms with Crippen molar-refractivity contribution in [2.45, 2.75) is 46.0 Å². The van der Waals surface area contributed by atoms with E-state index in [1.807, 2.05) is 86.6 Å². The van der Waals surface area contributed by atoms with Crippen LogP contribution in [-0.2, 0) is 19.3 Å². The summed E-state index contributed by atoms with van der Waals surface area (Å²) in [5, 5.41) is 0. The van der Waals surface area contributed by atoms with Gasteiger partial charge in [-0.05, 0) is 48.4 Å².